The maximum atomic E-state index is 4.35. The molecule has 0 aliphatic carbocycles. The molecule has 0 aliphatic heterocycles. The second kappa shape index (κ2) is 5.60. The maximum Gasteiger partial charge on any atom is 0.120 e. The van der Waals surface area contributed by atoms with Crippen LogP contribution >= 0.6 is 11.3 Å². The first-order valence-electron chi connectivity index (χ1n) is 6.46. The first kappa shape index (κ1) is 13.1. The summed E-state index contributed by atoms with van der Waals surface area (Å²) >= 11 is 1.68. The van der Waals surface area contributed by atoms with Gasteiger partial charge in [0.05, 0.1) is 12.2 Å². The fourth-order valence-electron chi connectivity index (χ4n) is 2.15. The molecule has 0 aromatic carbocycles. The summed E-state index contributed by atoms with van der Waals surface area (Å²) in [6.07, 6.45) is 1.86. The van der Waals surface area contributed by atoms with Gasteiger partial charge in [-0.1, -0.05) is 0 Å². The number of imidazole rings is 1. The van der Waals surface area contributed by atoms with Crippen LogP contribution in [0.4, 0.5) is 0 Å². The molecule has 3 rings (SSSR count). The van der Waals surface area contributed by atoms with Crippen LogP contribution in [0, 0.1) is 6.92 Å². The number of hydrogen-bond acceptors (Lipinski definition) is 4. The second-order valence-corrected chi connectivity index (χ2v) is 5.76. The molecule has 0 fully saturated rings. The summed E-state index contributed by atoms with van der Waals surface area (Å²) in [5.74, 6) is 0.988. The topological polar surface area (TPSA) is 60.6 Å². The molecule has 2 N–H and O–H groups in total. The van der Waals surface area contributed by atoms with Gasteiger partial charge < -0.3 is 4.98 Å². The summed E-state index contributed by atoms with van der Waals surface area (Å²) in [5.41, 5.74) is 4.37. The summed E-state index contributed by atoms with van der Waals surface area (Å²) in [6, 6.07) is 4.19. The number of H-pyrrole nitrogens is 2. The van der Waals surface area contributed by atoms with Crippen LogP contribution in [-0.4, -0.2) is 32.1 Å². The van der Waals surface area contributed by atoms with Crippen LogP contribution < -0.4 is 0 Å². The number of nitrogens with one attached hydrogen (secondary N) is 2. The van der Waals surface area contributed by atoms with Crippen LogP contribution in [-0.2, 0) is 13.1 Å². The minimum absolute atomic E-state index is 0.792. The van der Waals surface area contributed by atoms with E-state index in [0.29, 0.717) is 0 Å². The molecule has 20 heavy (non-hydrogen) atoms. The Morgan fingerprint density at radius 3 is 2.95 bits per heavy atom. The minimum Gasteiger partial charge on any atom is -0.345 e. The molecule has 3 heterocycles. The Hall–Kier alpha value is -1.92. The molecule has 3 aromatic rings. The Balaban J connectivity index is 1.63. The highest BCUT2D eigenvalue weighted by atomic mass is 32.1. The Morgan fingerprint density at radius 1 is 1.35 bits per heavy atom. The SMILES string of the molecule is Cc1cnc(CN(C)Cc2cc(-c3ccsc3)n[nH]2)[nH]1. The zero-order valence-corrected chi connectivity index (χ0v) is 12.4. The molecule has 6 heteroatoms. The molecule has 0 saturated carbocycles. The van der Waals surface area contributed by atoms with Crippen LogP contribution in [0.3, 0.4) is 0 Å². The van der Waals surface area contributed by atoms with Gasteiger partial charge in [-0.15, -0.1) is 0 Å². The molecule has 0 aliphatic rings. The number of hydrogen-bond donors (Lipinski definition) is 2. The van der Waals surface area contributed by atoms with E-state index >= 15 is 0 Å². The third-order valence-electron chi connectivity index (χ3n) is 3.06. The number of nitrogens with zero attached hydrogens (tertiary/aromatic N) is 3. The quantitative estimate of drug-likeness (QED) is 0.758. The van der Waals surface area contributed by atoms with Gasteiger partial charge in [-0.05, 0) is 31.5 Å². The van der Waals surface area contributed by atoms with E-state index in [4.69, 9.17) is 0 Å². The number of aryl methyl sites for hydroxylation is 1. The van der Waals surface area contributed by atoms with Crippen molar-refractivity contribution in [1.82, 2.24) is 25.1 Å². The zero-order chi connectivity index (χ0) is 13.9. The lowest BCUT2D eigenvalue weighted by atomic mass is 10.2. The molecule has 5 nitrogen and oxygen atoms in total. The summed E-state index contributed by atoms with van der Waals surface area (Å²) in [7, 11) is 2.07. The lowest BCUT2D eigenvalue weighted by Crippen LogP contribution is -2.18. The fourth-order valence-corrected chi connectivity index (χ4v) is 2.80. The number of aromatic amines is 2. The maximum absolute atomic E-state index is 4.35. The van der Waals surface area contributed by atoms with Gasteiger partial charge in [0.2, 0.25) is 0 Å². The molecule has 0 radical (unpaired) electrons. The van der Waals surface area contributed by atoms with Gasteiger partial charge >= 0.3 is 0 Å². The minimum atomic E-state index is 0.792. The van der Waals surface area contributed by atoms with Crippen molar-refractivity contribution in [2.45, 2.75) is 20.0 Å². The highest BCUT2D eigenvalue weighted by Crippen LogP contribution is 2.20. The van der Waals surface area contributed by atoms with E-state index < -0.39 is 0 Å². The van der Waals surface area contributed by atoms with Crippen LogP contribution in [0.1, 0.15) is 17.2 Å². The van der Waals surface area contributed by atoms with Gasteiger partial charge in [-0.25, -0.2) is 4.98 Å². The third-order valence-corrected chi connectivity index (χ3v) is 3.75. The molecule has 0 amide bonds. The lowest BCUT2D eigenvalue weighted by Gasteiger charge is -2.13. The van der Waals surface area contributed by atoms with E-state index in [9.17, 15) is 0 Å². The van der Waals surface area contributed by atoms with Crippen molar-refractivity contribution in [3.05, 3.63) is 46.3 Å². The zero-order valence-electron chi connectivity index (χ0n) is 11.6. The van der Waals surface area contributed by atoms with Crippen LogP contribution in [0.5, 0.6) is 0 Å². The van der Waals surface area contributed by atoms with E-state index in [1.807, 2.05) is 13.1 Å². The summed E-state index contributed by atoms with van der Waals surface area (Å²) in [6.45, 7) is 3.62. The summed E-state index contributed by atoms with van der Waals surface area (Å²) in [4.78, 5) is 9.76. The molecule has 0 saturated heterocycles. The van der Waals surface area contributed by atoms with Crippen molar-refractivity contribution in [1.29, 1.82) is 0 Å². The van der Waals surface area contributed by atoms with Gasteiger partial charge in [-0.2, -0.15) is 16.4 Å². The number of aromatic nitrogens is 4. The average Bonchev–Trinajstić information content (AvgIpc) is 3.10. The summed E-state index contributed by atoms with van der Waals surface area (Å²) in [5, 5.41) is 11.6. The van der Waals surface area contributed by atoms with Gasteiger partial charge in [0.1, 0.15) is 5.82 Å². The summed E-state index contributed by atoms with van der Waals surface area (Å²) < 4.78 is 0. The van der Waals surface area contributed by atoms with Crippen LogP contribution in [0.15, 0.2) is 29.1 Å². The molecular formula is C14H17N5S. The van der Waals surface area contributed by atoms with E-state index in [-0.39, 0.29) is 0 Å². The van der Waals surface area contributed by atoms with E-state index in [0.717, 1.165) is 36.0 Å². The molecule has 104 valence electrons. The van der Waals surface area contributed by atoms with E-state index in [1.54, 1.807) is 11.3 Å². The monoisotopic (exact) mass is 287 g/mol. The van der Waals surface area contributed by atoms with Crippen molar-refractivity contribution in [2.75, 3.05) is 7.05 Å². The number of rotatable bonds is 5. The van der Waals surface area contributed by atoms with Crippen molar-refractivity contribution < 1.29 is 0 Å². The molecule has 3 aromatic heterocycles. The first-order valence-corrected chi connectivity index (χ1v) is 7.41. The Labute approximate surface area is 121 Å². The predicted octanol–water partition coefficient (Wildman–Crippen LogP) is 2.80. The number of thiophene rings is 1. The normalized spacial score (nSPS) is 11.3. The van der Waals surface area contributed by atoms with Gasteiger partial charge in [0.25, 0.3) is 0 Å². The van der Waals surface area contributed by atoms with Crippen molar-refractivity contribution in [2.24, 2.45) is 0 Å². The van der Waals surface area contributed by atoms with Crippen LogP contribution in [0.25, 0.3) is 11.3 Å². The first-order chi connectivity index (χ1) is 9.70. The molecule has 0 atom stereocenters. The Bertz CT molecular complexity index is 667. The van der Waals surface area contributed by atoms with Crippen molar-refractivity contribution >= 4 is 11.3 Å². The van der Waals surface area contributed by atoms with Gasteiger partial charge in [-0.3, -0.25) is 10.00 Å². The van der Waals surface area contributed by atoms with E-state index in [2.05, 4.69) is 55.0 Å². The van der Waals surface area contributed by atoms with Gasteiger partial charge in [0.15, 0.2) is 0 Å². The van der Waals surface area contributed by atoms with Gasteiger partial charge in [0, 0.05) is 35.1 Å². The molecule has 0 unspecified atom stereocenters. The van der Waals surface area contributed by atoms with Crippen molar-refractivity contribution in [3.63, 3.8) is 0 Å². The Kier molecular flexibility index (Phi) is 3.66. The van der Waals surface area contributed by atoms with Crippen LogP contribution in [0.2, 0.25) is 0 Å². The average molecular weight is 287 g/mol. The third kappa shape index (κ3) is 2.97. The fraction of sp³-hybridized carbons (Fsp3) is 0.286. The lowest BCUT2D eigenvalue weighted by molar-refractivity contribution is 0.307. The predicted molar refractivity (Wildman–Crippen MR) is 80.4 cm³/mol. The standard InChI is InChI=1S/C14H17N5S/c1-10-6-15-14(16-10)8-19(2)7-12-5-13(18-17-12)11-3-4-20-9-11/h3-6,9H,7-8H2,1-2H3,(H,15,16)(H,17,18). The largest absolute Gasteiger partial charge is 0.345 e. The smallest absolute Gasteiger partial charge is 0.120 e. The van der Waals surface area contributed by atoms with E-state index in [1.165, 1.54) is 5.56 Å². The highest BCUT2D eigenvalue weighted by molar-refractivity contribution is 7.08. The van der Waals surface area contributed by atoms with Crippen molar-refractivity contribution in [3.8, 4) is 11.3 Å². The molecule has 0 bridgehead atoms. The molecular weight excluding hydrogens is 270 g/mol. The Morgan fingerprint density at radius 2 is 2.25 bits per heavy atom. The highest BCUT2D eigenvalue weighted by Gasteiger charge is 2.08. The molecule has 0 spiro atoms. The second-order valence-electron chi connectivity index (χ2n) is 4.98.